The average molecular weight is 210 g/mol. The van der Waals surface area contributed by atoms with Gasteiger partial charge in [0, 0.05) is 13.1 Å². The summed E-state index contributed by atoms with van der Waals surface area (Å²) < 4.78 is 1.75. The lowest BCUT2D eigenvalue weighted by Crippen LogP contribution is -2.35. The van der Waals surface area contributed by atoms with Crippen molar-refractivity contribution < 1.29 is 0 Å². The lowest BCUT2D eigenvalue weighted by atomic mass is 10.1. The second-order valence-electron chi connectivity index (χ2n) is 4.05. The molecule has 0 amide bonds. The number of hydrogen-bond acceptors (Lipinski definition) is 5. The average Bonchev–Trinajstić information content (AvgIpc) is 2.66. The van der Waals surface area contributed by atoms with Gasteiger partial charge < -0.3 is 10.6 Å². The predicted molar refractivity (Wildman–Crippen MR) is 57.2 cm³/mol. The Morgan fingerprint density at radius 1 is 1.40 bits per heavy atom. The Morgan fingerprint density at radius 2 is 2.13 bits per heavy atom. The van der Waals surface area contributed by atoms with Gasteiger partial charge in [-0.2, -0.15) is 0 Å². The molecule has 2 rings (SSSR count). The summed E-state index contributed by atoms with van der Waals surface area (Å²) >= 11 is 0. The third kappa shape index (κ3) is 2.26. The van der Waals surface area contributed by atoms with Gasteiger partial charge in [-0.3, -0.25) is 0 Å². The SMILES string of the molecule is CCCN1CCC(n2nnnc2N)CC1. The molecule has 0 unspecified atom stereocenters. The largest absolute Gasteiger partial charge is 0.367 e. The molecule has 1 aliphatic heterocycles. The van der Waals surface area contributed by atoms with Gasteiger partial charge >= 0.3 is 0 Å². The van der Waals surface area contributed by atoms with Crippen LogP contribution in [0, 0.1) is 0 Å². The van der Waals surface area contributed by atoms with E-state index in [4.69, 9.17) is 5.73 Å². The number of rotatable bonds is 3. The van der Waals surface area contributed by atoms with Gasteiger partial charge in [-0.1, -0.05) is 12.0 Å². The van der Waals surface area contributed by atoms with Crippen LogP contribution in [-0.2, 0) is 0 Å². The second-order valence-corrected chi connectivity index (χ2v) is 4.05. The van der Waals surface area contributed by atoms with E-state index in [0.29, 0.717) is 12.0 Å². The summed E-state index contributed by atoms with van der Waals surface area (Å²) in [7, 11) is 0. The number of aromatic nitrogens is 4. The fraction of sp³-hybridized carbons (Fsp3) is 0.889. The third-order valence-electron chi connectivity index (χ3n) is 2.96. The van der Waals surface area contributed by atoms with Crippen LogP contribution in [-0.4, -0.2) is 44.7 Å². The van der Waals surface area contributed by atoms with E-state index in [9.17, 15) is 0 Å². The Kier molecular flexibility index (Phi) is 3.15. The number of nitrogens with two attached hydrogens (primary N) is 1. The molecule has 1 aliphatic rings. The first-order valence-corrected chi connectivity index (χ1v) is 5.57. The molecule has 1 fully saturated rings. The summed E-state index contributed by atoms with van der Waals surface area (Å²) in [6.45, 7) is 5.65. The van der Waals surface area contributed by atoms with Crippen molar-refractivity contribution in [2.24, 2.45) is 0 Å². The molecule has 1 saturated heterocycles. The number of piperidine rings is 1. The molecule has 6 nitrogen and oxygen atoms in total. The lowest BCUT2D eigenvalue weighted by molar-refractivity contribution is 0.180. The van der Waals surface area contributed by atoms with Crippen molar-refractivity contribution in [3.63, 3.8) is 0 Å². The fourth-order valence-electron chi connectivity index (χ4n) is 2.16. The van der Waals surface area contributed by atoms with Crippen LogP contribution in [0.3, 0.4) is 0 Å². The van der Waals surface area contributed by atoms with Crippen molar-refractivity contribution >= 4 is 5.95 Å². The zero-order chi connectivity index (χ0) is 10.7. The maximum absolute atomic E-state index is 5.68. The smallest absolute Gasteiger partial charge is 0.240 e. The van der Waals surface area contributed by atoms with Crippen LogP contribution in [0.15, 0.2) is 0 Å². The summed E-state index contributed by atoms with van der Waals surface area (Å²) in [6.07, 6.45) is 3.40. The van der Waals surface area contributed by atoms with Gasteiger partial charge in [0.05, 0.1) is 6.04 Å². The molecule has 0 aliphatic carbocycles. The third-order valence-corrected chi connectivity index (χ3v) is 2.96. The molecule has 0 radical (unpaired) electrons. The Morgan fingerprint density at radius 3 is 2.67 bits per heavy atom. The summed E-state index contributed by atoms with van der Waals surface area (Å²) in [6, 6.07) is 0.383. The van der Waals surface area contributed by atoms with Gasteiger partial charge in [-0.05, 0) is 36.2 Å². The standard InChI is InChI=1S/C9H18N6/c1-2-5-14-6-3-8(4-7-14)15-9(10)11-12-13-15/h8H,2-7H2,1H3,(H2,10,11,13). The van der Waals surface area contributed by atoms with E-state index in [2.05, 4.69) is 27.3 Å². The van der Waals surface area contributed by atoms with E-state index in [1.54, 1.807) is 4.68 Å². The Balaban J connectivity index is 1.91. The van der Waals surface area contributed by atoms with E-state index in [-0.39, 0.29) is 0 Å². The van der Waals surface area contributed by atoms with Crippen molar-refractivity contribution in [2.45, 2.75) is 32.2 Å². The highest BCUT2D eigenvalue weighted by atomic mass is 15.6. The van der Waals surface area contributed by atoms with E-state index in [1.165, 1.54) is 13.0 Å². The first-order chi connectivity index (χ1) is 7.31. The number of nitrogen functional groups attached to an aromatic ring is 1. The molecule has 1 aromatic rings. The van der Waals surface area contributed by atoms with Crippen molar-refractivity contribution in [3.05, 3.63) is 0 Å². The molecular formula is C9H18N6. The first-order valence-electron chi connectivity index (χ1n) is 5.57. The quantitative estimate of drug-likeness (QED) is 0.777. The molecule has 0 saturated carbocycles. The molecule has 2 N–H and O–H groups in total. The zero-order valence-corrected chi connectivity index (χ0v) is 9.13. The highest BCUT2D eigenvalue weighted by molar-refractivity contribution is 5.11. The van der Waals surface area contributed by atoms with Crippen LogP contribution in [0.1, 0.15) is 32.2 Å². The Hall–Kier alpha value is -1.17. The second kappa shape index (κ2) is 4.57. The molecule has 0 spiro atoms. The minimum atomic E-state index is 0.383. The first kappa shape index (κ1) is 10.4. The van der Waals surface area contributed by atoms with Crippen LogP contribution >= 0.6 is 0 Å². The van der Waals surface area contributed by atoms with Gasteiger partial charge in [0.25, 0.3) is 0 Å². The number of likely N-dealkylation sites (tertiary alicyclic amines) is 1. The molecular weight excluding hydrogens is 192 g/mol. The summed E-state index contributed by atoms with van der Waals surface area (Å²) in [5.74, 6) is 0.434. The monoisotopic (exact) mass is 210 g/mol. The van der Waals surface area contributed by atoms with E-state index in [1.807, 2.05) is 0 Å². The Bertz CT molecular complexity index is 301. The summed E-state index contributed by atoms with van der Waals surface area (Å²) in [5, 5.41) is 11.2. The highest BCUT2D eigenvalue weighted by Gasteiger charge is 2.22. The number of nitrogens with zero attached hydrogens (tertiary/aromatic N) is 5. The minimum absolute atomic E-state index is 0.383. The number of tetrazole rings is 1. The van der Waals surface area contributed by atoms with Crippen molar-refractivity contribution in [3.8, 4) is 0 Å². The maximum atomic E-state index is 5.68. The van der Waals surface area contributed by atoms with Crippen LogP contribution in [0.25, 0.3) is 0 Å². The number of hydrogen-bond donors (Lipinski definition) is 1. The maximum Gasteiger partial charge on any atom is 0.240 e. The van der Waals surface area contributed by atoms with Gasteiger partial charge in [-0.15, -0.1) is 0 Å². The van der Waals surface area contributed by atoms with Crippen molar-refractivity contribution in [1.29, 1.82) is 0 Å². The van der Waals surface area contributed by atoms with E-state index in [0.717, 1.165) is 25.9 Å². The van der Waals surface area contributed by atoms with Crippen molar-refractivity contribution in [1.82, 2.24) is 25.1 Å². The van der Waals surface area contributed by atoms with Crippen molar-refractivity contribution in [2.75, 3.05) is 25.4 Å². The topological polar surface area (TPSA) is 72.9 Å². The van der Waals surface area contributed by atoms with Crippen LogP contribution < -0.4 is 5.73 Å². The van der Waals surface area contributed by atoms with Gasteiger partial charge in [0.2, 0.25) is 5.95 Å². The molecule has 6 heteroatoms. The van der Waals surface area contributed by atoms with Gasteiger partial charge in [-0.25, -0.2) is 4.68 Å². The summed E-state index contributed by atoms with van der Waals surface area (Å²) in [4.78, 5) is 2.48. The minimum Gasteiger partial charge on any atom is -0.367 e. The molecule has 1 aromatic heterocycles. The molecule has 15 heavy (non-hydrogen) atoms. The zero-order valence-electron chi connectivity index (χ0n) is 9.13. The van der Waals surface area contributed by atoms with E-state index >= 15 is 0 Å². The number of anilines is 1. The molecule has 0 bridgehead atoms. The lowest BCUT2D eigenvalue weighted by Gasteiger charge is -2.31. The normalized spacial score (nSPS) is 19.5. The molecule has 2 heterocycles. The Labute approximate surface area is 89.4 Å². The van der Waals surface area contributed by atoms with Crippen LogP contribution in [0.2, 0.25) is 0 Å². The van der Waals surface area contributed by atoms with Crippen LogP contribution in [0.4, 0.5) is 5.95 Å². The highest BCUT2D eigenvalue weighted by Crippen LogP contribution is 2.22. The van der Waals surface area contributed by atoms with E-state index < -0.39 is 0 Å². The van der Waals surface area contributed by atoms with Gasteiger partial charge in [0.1, 0.15) is 0 Å². The predicted octanol–water partition coefficient (Wildman–Crippen LogP) is 0.302. The van der Waals surface area contributed by atoms with Crippen LogP contribution in [0.5, 0.6) is 0 Å². The van der Waals surface area contributed by atoms with Gasteiger partial charge in [0.15, 0.2) is 0 Å². The fourth-order valence-corrected chi connectivity index (χ4v) is 2.16. The molecule has 0 aromatic carbocycles. The summed E-state index contributed by atoms with van der Waals surface area (Å²) in [5.41, 5.74) is 5.68. The molecule has 84 valence electrons. The molecule has 0 atom stereocenters.